The molecule has 3 N–H and O–H groups in total. The Morgan fingerprint density at radius 2 is 2.43 bits per heavy atom. The summed E-state index contributed by atoms with van der Waals surface area (Å²) in [6, 6.07) is 3.67. The Morgan fingerprint density at radius 1 is 1.71 bits per heavy atom. The van der Waals surface area contributed by atoms with E-state index in [4.69, 9.17) is 5.73 Å². The molecule has 0 aliphatic rings. The van der Waals surface area contributed by atoms with Gasteiger partial charge in [-0.25, -0.2) is 0 Å². The summed E-state index contributed by atoms with van der Waals surface area (Å²) < 4.78 is 0.967. The van der Waals surface area contributed by atoms with E-state index >= 15 is 0 Å². The number of carbonyl (C=O) groups excluding carboxylic acids is 1. The van der Waals surface area contributed by atoms with Crippen LogP contribution in [0.1, 0.15) is 16.6 Å². The summed E-state index contributed by atoms with van der Waals surface area (Å²) in [6.45, 7) is 3.23. The van der Waals surface area contributed by atoms with Crippen LogP contribution in [-0.2, 0) is 0 Å². The molecule has 0 aliphatic heterocycles. The SMILES string of the molecule is CC(CN)CNC(=O)c1ccc(Br)s1. The Kier molecular flexibility index (Phi) is 4.57. The molecule has 1 amide bonds. The number of hydrogen-bond acceptors (Lipinski definition) is 3. The molecule has 1 unspecified atom stereocenters. The Bertz CT molecular complexity index is 314. The van der Waals surface area contributed by atoms with Crippen LogP contribution in [0.4, 0.5) is 0 Å². The van der Waals surface area contributed by atoms with Gasteiger partial charge in [0.2, 0.25) is 0 Å². The maximum atomic E-state index is 11.5. The van der Waals surface area contributed by atoms with Crippen molar-refractivity contribution >= 4 is 33.2 Å². The predicted octanol–water partition coefficient (Wildman–Crippen LogP) is 1.84. The Hall–Kier alpha value is -0.390. The van der Waals surface area contributed by atoms with Crippen molar-refractivity contribution in [2.45, 2.75) is 6.92 Å². The van der Waals surface area contributed by atoms with Crippen LogP contribution in [0.25, 0.3) is 0 Å². The average Bonchev–Trinajstić information content (AvgIpc) is 2.60. The number of hydrogen-bond donors (Lipinski definition) is 2. The second kappa shape index (κ2) is 5.48. The highest BCUT2D eigenvalue weighted by Crippen LogP contribution is 2.21. The van der Waals surface area contributed by atoms with Gasteiger partial charge in [0.15, 0.2) is 0 Å². The van der Waals surface area contributed by atoms with Crippen molar-refractivity contribution in [1.82, 2.24) is 5.32 Å². The molecule has 1 aromatic rings. The summed E-state index contributed by atoms with van der Waals surface area (Å²) in [7, 11) is 0. The van der Waals surface area contributed by atoms with Crippen molar-refractivity contribution in [2.75, 3.05) is 13.1 Å². The molecule has 0 bridgehead atoms. The summed E-state index contributed by atoms with van der Waals surface area (Å²) in [5.41, 5.74) is 5.44. The van der Waals surface area contributed by atoms with Crippen LogP contribution in [-0.4, -0.2) is 19.0 Å². The first-order valence-electron chi connectivity index (χ1n) is 4.37. The molecule has 5 heteroatoms. The van der Waals surface area contributed by atoms with E-state index in [-0.39, 0.29) is 5.91 Å². The molecule has 0 saturated heterocycles. The minimum atomic E-state index is -0.0269. The summed E-state index contributed by atoms with van der Waals surface area (Å²) >= 11 is 4.74. The fourth-order valence-electron chi connectivity index (χ4n) is 0.874. The third kappa shape index (κ3) is 3.40. The molecule has 0 aromatic carbocycles. The van der Waals surface area contributed by atoms with Crippen molar-refractivity contribution in [3.63, 3.8) is 0 Å². The second-order valence-electron chi connectivity index (χ2n) is 3.15. The van der Waals surface area contributed by atoms with E-state index in [9.17, 15) is 4.79 Å². The monoisotopic (exact) mass is 276 g/mol. The van der Waals surface area contributed by atoms with Crippen LogP contribution < -0.4 is 11.1 Å². The van der Waals surface area contributed by atoms with Gasteiger partial charge in [0.05, 0.1) is 8.66 Å². The van der Waals surface area contributed by atoms with Gasteiger partial charge in [-0.05, 0) is 40.5 Å². The lowest BCUT2D eigenvalue weighted by Gasteiger charge is -2.08. The maximum Gasteiger partial charge on any atom is 0.261 e. The van der Waals surface area contributed by atoms with Gasteiger partial charge >= 0.3 is 0 Å². The van der Waals surface area contributed by atoms with Gasteiger partial charge in [-0.3, -0.25) is 4.79 Å². The summed E-state index contributed by atoms with van der Waals surface area (Å²) in [5.74, 6) is 0.295. The molecule has 14 heavy (non-hydrogen) atoms. The van der Waals surface area contributed by atoms with E-state index in [1.54, 1.807) is 6.07 Å². The zero-order chi connectivity index (χ0) is 10.6. The van der Waals surface area contributed by atoms with Gasteiger partial charge in [0.1, 0.15) is 0 Å². The predicted molar refractivity (Wildman–Crippen MR) is 62.6 cm³/mol. The molecule has 78 valence electrons. The zero-order valence-corrected chi connectivity index (χ0v) is 10.3. The quantitative estimate of drug-likeness (QED) is 0.882. The summed E-state index contributed by atoms with van der Waals surface area (Å²) in [5, 5.41) is 2.83. The van der Waals surface area contributed by atoms with E-state index < -0.39 is 0 Å². The number of nitrogens with two attached hydrogens (primary N) is 1. The standard InChI is InChI=1S/C9H13BrN2OS/c1-6(4-11)5-12-9(13)7-2-3-8(10)14-7/h2-3,6H,4-5,11H2,1H3,(H,12,13). The highest BCUT2D eigenvalue weighted by molar-refractivity contribution is 9.11. The van der Waals surface area contributed by atoms with Crippen molar-refractivity contribution in [3.8, 4) is 0 Å². The lowest BCUT2D eigenvalue weighted by molar-refractivity contribution is 0.0952. The largest absolute Gasteiger partial charge is 0.351 e. The molecule has 3 nitrogen and oxygen atoms in total. The van der Waals surface area contributed by atoms with Gasteiger partial charge in [-0.2, -0.15) is 0 Å². The van der Waals surface area contributed by atoms with E-state index in [0.29, 0.717) is 19.0 Å². The van der Waals surface area contributed by atoms with Crippen LogP contribution in [0.3, 0.4) is 0 Å². The second-order valence-corrected chi connectivity index (χ2v) is 5.62. The lowest BCUT2D eigenvalue weighted by Crippen LogP contribution is -2.30. The molecule has 1 heterocycles. The van der Waals surface area contributed by atoms with Gasteiger partial charge < -0.3 is 11.1 Å². The summed E-state index contributed by atoms with van der Waals surface area (Å²) in [4.78, 5) is 12.2. The minimum Gasteiger partial charge on any atom is -0.351 e. The number of rotatable bonds is 4. The van der Waals surface area contributed by atoms with E-state index in [0.717, 1.165) is 8.66 Å². The zero-order valence-electron chi connectivity index (χ0n) is 7.92. The molecule has 1 aromatic heterocycles. The molecule has 0 fully saturated rings. The molecule has 0 saturated carbocycles. The first-order valence-corrected chi connectivity index (χ1v) is 5.98. The highest BCUT2D eigenvalue weighted by atomic mass is 79.9. The third-order valence-electron chi connectivity index (χ3n) is 1.81. The Labute approximate surface area is 95.8 Å². The highest BCUT2D eigenvalue weighted by Gasteiger charge is 2.08. The van der Waals surface area contributed by atoms with Crippen LogP contribution in [0.5, 0.6) is 0 Å². The van der Waals surface area contributed by atoms with Crippen molar-refractivity contribution < 1.29 is 4.79 Å². The molecule has 0 spiro atoms. The van der Waals surface area contributed by atoms with Crippen LogP contribution in [0.15, 0.2) is 15.9 Å². The number of halogens is 1. The topological polar surface area (TPSA) is 55.1 Å². The van der Waals surface area contributed by atoms with Gasteiger partial charge in [-0.1, -0.05) is 6.92 Å². The number of nitrogens with one attached hydrogen (secondary N) is 1. The number of amides is 1. The van der Waals surface area contributed by atoms with Gasteiger partial charge in [-0.15, -0.1) is 11.3 Å². The average molecular weight is 277 g/mol. The molecule has 1 atom stereocenters. The van der Waals surface area contributed by atoms with Crippen LogP contribution in [0, 0.1) is 5.92 Å². The van der Waals surface area contributed by atoms with Crippen molar-refractivity contribution in [1.29, 1.82) is 0 Å². The molecular weight excluding hydrogens is 264 g/mol. The third-order valence-corrected chi connectivity index (χ3v) is 3.43. The number of carbonyl (C=O) groups is 1. The maximum absolute atomic E-state index is 11.5. The molecule has 0 aliphatic carbocycles. The molecular formula is C9H13BrN2OS. The smallest absolute Gasteiger partial charge is 0.261 e. The van der Waals surface area contributed by atoms with Crippen LogP contribution in [0.2, 0.25) is 0 Å². The van der Waals surface area contributed by atoms with Gasteiger partial charge in [0, 0.05) is 6.54 Å². The minimum absolute atomic E-state index is 0.0269. The van der Waals surface area contributed by atoms with E-state index in [1.165, 1.54) is 11.3 Å². The Balaban J connectivity index is 2.43. The first kappa shape index (κ1) is 11.7. The van der Waals surface area contributed by atoms with Crippen LogP contribution >= 0.6 is 27.3 Å². The number of thiophene rings is 1. The normalized spacial score (nSPS) is 12.5. The fraction of sp³-hybridized carbons (Fsp3) is 0.444. The molecule has 0 radical (unpaired) electrons. The lowest BCUT2D eigenvalue weighted by atomic mass is 10.2. The van der Waals surface area contributed by atoms with Crippen molar-refractivity contribution in [3.05, 3.63) is 20.8 Å². The van der Waals surface area contributed by atoms with E-state index in [1.807, 2.05) is 13.0 Å². The van der Waals surface area contributed by atoms with Crippen molar-refractivity contribution in [2.24, 2.45) is 11.7 Å². The molecule has 1 rings (SSSR count). The van der Waals surface area contributed by atoms with E-state index in [2.05, 4.69) is 21.2 Å². The first-order chi connectivity index (χ1) is 6.63. The van der Waals surface area contributed by atoms with Gasteiger partial charge in [0.25, 0.3) is 5.91 Å². The fourth-order valence-corrected chi connectivity index (χ4v) is 2.18. The summed E-state index contributed by atoms with van der Waals surface area (Å²) in [6.07, 6.45) is 0. The Morgan fingerprint density at radius 3 is 2.93 bits per heavy atom.